The summed E-state index contributed by atoms with van der Waals surface area (Å²) in [6, 6.07) is 20.5. The average Bonchev–Trinajstić information content (AvgIpc) is 3.47. The van der Waals surface area contributed by atoms with Gasteiger partial charge in [-0.1, -0.05) is 58.9 Å². The van der Waals surface area contributed by atoms with E-state index in [9.17, 15) is 24.0 Å². The fourth-order valence-electron chi connectivity index (χ4n) is 8.26. The Balaban J connectivity index is 0.000000384. The molecule has 77 heavy (non-hydrogen) atoms. The maximum Gasteiger partial charge on any atom is 0.330 e. The number of nitrogens with one attached hydrogen (secondary N) is 1. The number of carbonyl (C=O) groups excluding carboxylic acids is 5. The SMILES string of the molecule is C=C(Oc1ccc(CCOC)cc1C=N)C1CCC(C=O)CC1.C=CC(=O)OCCCCCCOc1ccc(OC(=O)C2CCC(C=O)CC2)cc1.C=CC(=O)OCCCCCCOc1ccc(OC)cc1.CCCCC. The fraction of sp³-hybridized carbons (Fsp3) is 0.524. The monoisotopic (exact) mass is 1070 g/mol. The normalized spacial score (nSPS) is 16.3. The second-order valence-electron chi connectivity index (χ2n) is 19.0. The van der Waals surface area contributed by atoms with Crippen LogP contribution in [-0.2, 0) is 44.6 Å². The Morgan fingerprint density at radius 3 is 1.43 bits per heavy atom. The minimum atomic E-state index is -0.382. The molecule has 0 radical (unpaired) electrons. The molecule has 0 unspecified atom stereocenters. The van der Waals surface area contributed by atoms with Crippen molar-refractivity contribution in [1.29, 1.82) is 5.41 Å². The lowest BCUT2D eigenvalue weighted by molar-refractivity contribution is -0.141. The summed E-state index contributed by atoms with van der Waals surface area (Å²) in [6.07, 6.45) is 24.9. The predicted octanol–water partition coefficient (Wildman–Crippen LogP) is 13.6. The highest BCUT2D eigenvalue weighted by atomic mass is 16.5. The number of allylic oxidation sites excluding steroid dienone is 1. The van der Waals surface area contributed by atoms with E-state index in [0.717, 1.165) is 143 Å². The number of benzene rings is 3. The summed E-state index contributed by atoms with van der Waals surface area (Å²) >= 11 is 0. The quantitative estimate of drug-likeness (QED) is 0.0119. The Kier molecular flexibility index (Phi) is 36.8. The zero-order chi connectivity index (χ0) is 56.3. The smallest absolute Gasteiger partial charge is 0.330 e. The van der Waals surface area contributed by atoms with E-state index in [-0.39, 0.29) is 41.6 Å². The number of methoxy groups -OCH3 is 2. The molecule has 2 aliphatic rings. The molecule has 0 spiro atoms. The van der Waals surface area contributed by atoms with Crippen molar-refractivity contribution in [3.8, 4) is 28.7 Å². The molecule has 0 atom stereocenters. The van der Waals surface area contributed by atoms with Crippen LogP contribution in [0.1, 0.15) is 147 Å². The molecule has 0 aromatic heterocycles. The molecule has 2 aliphatic carbocycles. The van der Waals surface area contributed by atoms with Gasteiger partial charge in [0, 0.05) is 48.8 Å². The second-order valence-corrected chi connectivity index (χ2v) is 19.0. The molecule has 14 heteroatoms. The molecular formula is C63H89NO13. The van der Waals surface area contributed by atoms with Crippen molar-refractivity contribution < 1.29 is 61.9 Å². The number of hydrogen-bond donors (Lipinski definition) is 1. The number of carbonyl (C=O) groups is 5. The number of esters is 3. The van der Waals surface area contributed by atoms with Crippen LogP contribution in [0.25, 0.3) is 0 Å². The van der Waals surface area contributed by atoms with Crippen LogP contribution < -0.4 is 23.7 Å². The molecule has 14 nitrogen and oxygen atoms in total. The van der Waals surface area contributed by atoms with E-state index >= 15 is 0 Å². The Labute approximate surface area is 459 Å². The van der Waals surface area contributed by atoms with Crippen LogP contribution in [0.15, 0.2) is 104 Å². The Hall–Kier alpha value is -6.54. The number of aldehydes is 2. The summed E-state index contributed by atoms with van der Waals surface area (Å²) in [6.45, 7) is 18.0. The van der Waals surface area contributed by atoms with Gasteiger partial charge in [0.2, 0.25) is 0 Å². The highest BCUT2D eigenvalue weighted by Gasteiger charge is 2.28. The molecule has 2 fully saturated rings. The van der Waals surface area contributed by atoms with Crippen LogP contribution in [0.4, 0.5) is 0 Å². The third kappa shape index (κ3) is 30.1. The first kappa shape index (κ1) is 66.6. The van der Waals surface area contributed by atoms with Crippen LogP contribution in [0.3, 0.4) is 0 Å². The van der Waals surface area contributed by atoms with Gasteiger partial charge in [0.05, 0.1) is 46.1 Å². The van der Waals surface area contributed by atoms with Gasteiger partial charge in [-0.3, -0.25) is 4.79 Å². The molecule has 2 saturated carbocycles. The molecule has 3 aromatic rings. The second kappa shape index (κ2) is 42.6. The van der Waals surface area contributed by atoms with Crippen molar-refractivity contribution in [1.82, 2.24) is 0 Å². The molecule has 0 aliphatic heterocycles. The van der Waals surface area contributed by atoms with Gasteiger partial charge in [-0.2, -0.15) is 0 Å². The van der Waals surface area contributed by atoms with Gasteiger partial charge < -0.3 is 52.9 Å². The molecule has 424 valence electrons. The fourth-order valence-corrected chi connectivity index (χ4v) is 8.26. The van der Waals surface area contributed by atoms with Crippen molar-refractivity contribution in [2.24, 2.45) is 23.7 Å². The first-order chi connectivity index (χ1) is 37.5. The van der Waals surface area contributed by atoms with E-state index in [1.165, 1.54) is 37.6 Å². The molecule has 5 rings (SSSR count). The van der Waals surface area contributed by atoms with E-state index < -0.39 is 0 Å². The zero-order valence-electron chi connectivity index (χ0n) is 46.7. The molecule has 0 heterocycles. The van der Waals surface area contributed by atoms with E-state index in [0.29, 0.717) is 57.4 Å². The van der Waals surface area contributed by atoms with Gasteiger partial charge in [0.1, 0.15) is 47.1 Å². The Morgan fingerprint density at radius 1 is 0.558 bits per heavy atom. The van der Waals surface area contributed by atoms with Gasteiger partial charge in [-0.15, -0.1) is 0 Å². The van der Waals surface area contributed by atoms with Crippen LogP contribution in [0.2, 0.25) is 0 Å². The number of rotatable bonds is 32. The van der Waals surface area contributed by atoms with Crippen LogP contribution in [-0.4, -0.2) is 83.9 Å². The van der Waals surface area contributed by atoms with Crippen LogP contribution >= 0.6 is 0 Å². The maximum atomic E-state index is 12.2. The first-order valence-corrected chi connectivity index (χ1v) is 27.7. The molecule has 3 aromatic carbocycles. The van der Waals surface area contributed by atoms with Crippen LogP contribution in [0, 0.1) is 29.1 Å². The zero-order valence-corrected chi connectivity index (χ0v) is 46.7. The highest BCUT2D eigenvalue weighted by Crippen LogP contribution is 2.34. The van der Waals surface area contributed by atoms with E-state index in [2.05, 4.69) is 33.6 Å². The number of ether oxygens (including phenoxy) is 8. The van der Waals surface area contributed by atoms with E-state index in [1.54, 1.807) is 38.5 Å². The van der Waals surface area contributed by atoms with Gasteiger partial charge in [0.15, 0.2) is 0 Å². The molecule has 1 N–H and O–H groups in total. The van der Waals surface area contributed by atoms with Gasteiger partial charge in [-0.25, -0.2) is 9.59 Å². The number of hydrogen-bond acceptors (Lipinski definition) is 14. The largest absolute Gasteiger partial charge is 0.497 e. The summed E-state index contributed by atoms with van der Waals surface area (Å²) in [5.41, 5.74) is 1.87. The third-order valence-corrected chi connectivity index (χ3v) is 13.0. The summed E-state index contributed by atoms with van der Waals surface area (Å²) in [4.78, 5) is 55.5. The molecule has 0 saturated heterocycles. The third-order valence-electron chi connectivity index (χ3n) is 13.0. The lowest BCUT2D eigenvalue weighted by atomic mass is 9.82. The van der Waals surface area contributed by atoms with Gasteiger partial charge in [-0.05, 0) is 175 Å². The molecular weight excluding hydrogens is 979 g/mol. The summed E-state index contributed by atoms with van der Waals surface area (Å²) in [5.74, 6) is 3.82. The standard InChI is InChI=1S/C23H30O6.C19H25NO3.C16H22O4.C5H12/c1-2-22(25)28-16-6-4-3-5-15-27-20-11-13-21(14-12-20)29-23(26)19-9-7-18(17-24)8-10-19;1-14(17-6-3-16(13-21)4-7-17)23-19-8-5-15(9-10-22-2)11-18(19)12-20;1-3-16(17)20-13-7-5-4-6-12-19-15-10-8-14(18-2)9-11-15;1-3-5-4-2/h2,11-14,17-19H,1,3-10,15-16H2;5,8,11-13,16-17,20H,1,3-4,6-7,9-10H2,2H3;3,8-11H,1,4-7,12-13H2,2H3;3-5H2,1-2H3. The maximum absolute atomic E-state index is 12.2. The lowest BCUT2D eigenvalue weighted by Crippen LogP contribution is -2.26. The predicted molar refractivity (Wildman–Crippen MR) is 303 cm³/mol. The lowest BCUT2D eigenvalue weighted by Gasteiger charge is -2.27. The number of unbranched alkanes of at least 4 members (excludes halogenated alkanes) is 8. The van der Waals surface area contributed by atoms with E-state index in [1.807, 2.05) is 42.5 Å². The molecule has 0 amide bonds. The Morgan fingerprint density at radius 2 is 1.01 bits per heavy atom. The van der Waals surface area contributed by atoms with Gasteiger partial charge in [0.25, 0.3) is 0 Å². The highest BCUT2D eigenvalue weighted by molar-refractivity contribution is 5.82. The van der Waals surface area contributed by atoms with Crippen molar-refractivity contribution in [2.75, 3.05) is 47.3 Å². The topological polar surface area (TPSA) is 183 Å². The summed E-state index contributed by atoms with van der Waals surface area (Å²) < 4.78 is 42.7. The van der Waals surface area contributed by atoms with Gasteiger partial charge >= 0.3 is 17.9 Å². The first-order valence-electron chi connectivity index (χ1n) is 27.7. The van der Waals surface area contributed by atoms with Crippen LogP contribution in [0.5, 0.6) is 28.7 Å². The molecule has 0 bridgehead atoms. The summed E-state index contributed by atoms with van der Waals surface area (Å²) in [5, 5.41) is 7.59. The minimum Gasteiger partial charge on any atom is -0.497 e. The van der Waals surface area contributed by atoms with Crippen molar-refractivity contribution in [2.45, 2.75) is 142 Å². The van der Waals surface area contributed by atoms with Crippen molar-refractivity contribution in [3.05, 3.63) is 116 Å². The minimum absolute atomic E-state index is 0.0882. The summed E-state index contributed by atoms with van der Waals surface area (Å²) in [7, 11) is 3.32. The Bertz CT molecular complexity index is 2140. The van der Waals surface area contributed by atoms with Crippen molar-refractivity contribution >= 4 is 36.7 Å². The van der Waals surface area contributed by atoms with E-state index in [4.69, 9.17) is 43.3 Å². The van der Waals surface area contributed by atoms with Crippen molar-refractivity contribution in [3.63, 3.8) is 0 Å². The average molecular weight is 1070 g/mol.